The number of carbonyl (C=O) groups excluding carboxylic acids is 2. The van der Waals surface area contributed by atoms with Gasteiger partial charge in [-0.15, -0.1) is 0 Å². The average molecular weight is 745 g/mol. The number of alkyl halides is 3. The van der Waals surface area contributed by atoms with Gasteiger partial charge in [0.15, 0.2) is 5.82 Å². The highest BCUT2D eigenvalue weighted by atomic mass is 127. The van der Waals surface area contributed by atoms with Crippen LogP contribution in [0.15, 0.2) is 18.5 Å². The monoisotopic (exact) mass is 745 g/mol. The Kier molecular flexibility index (Phi) is 9.27. The van der Waals surface area contributed by atoms with Gasteiger partial charge >= 0.3 is 12.3 Å². The van der Waals surface area contributed by atoms with Crippen LogP contribution in [0.1, 0.15) is 40.0 Å². The van der Waals surface area contributed by atoms with E-state index in [1.54, 1.807) is 36.3 Å². The maximum absolute atomic E-state index is 13.4. The Balaban J connectivity index is 1.37. The van der Waals surface area contributed by atoms with Gasteiger partial charge in [0, 0.05) is 32.4 Å². The van der Waals surface area contributed by atoms with Gasteiger partial charge in [-0.25, -0.2) is 9.25 Å². The van der Waals surface area contributed by atoms with E-state index < -0.39 is 36.2 Å². The predicted molar refractivity (Wildman–Crippen MR) is 168 cm³/mol. The van der Waals surface area contributed by atoms with Crippen LogP contribution in [0.25, 0.3) is 22.3 Å². The van der Waals surface area contributed by atoms with E-state index >= 15 is 0 Å². The fourth-order valence-corrected chi connectivity index (χ4v) is 6.32. The Bertz CT molecular complexity index is 1590. The number of nitriles is 1. The van der Waals surface area contributed by atoms with E-state index in [1.165, 1.54) is 12.3 Å². The average Bonchev–Trinajstić information content (AvgIpc) is 3.47. The molecule has 5 rings (SSSR count). The normalized spacial score (nSPS) is 17.1. The quantitative estimate of drug-likeness (QED) is 0.245. The molecule has 0 aliphatic carbocycles. The van der Waals surface area contributed by atoms with Crippen molar-refractivity contribution in [2.24, 2.45) is 11.8 Å². The van der Waals surface area contributed by atoms with Crippen LogP contribution in [0.4, 0.5) is 29.5 Å². The third kappa shape index (κ3) is 7.20. The fraction of sp³-hybridized carbons (Fsp3) is 0.556. The van der Waals surface area contributed by atoms with E-state index in [2.05, 4.69) is 48.6 Å². The summed E-state index contributed by atoms with van der Waals surface area (Å²) in [6, 6.07) is 3.62. The molecule has 2 aliphatic rings. The van der Waals surface area contributed by atoms with Crippen molar-refractivity contribution in [1.29, 1.82) is 5.26 Å². The first kappa shape index (κ1) is 32.2. The van der Waals surface area contributed by atoms with Crippen LogP contribution >= 0.6 is 28.4 Å². The number of rotatable bonds is 7. The Morgan fingerprint density at radius 1 is 1.20 bits per heavy atom. The molecule has 2 aliphatic heterocycles. The molecule has 3 aromatic heterocycles. The maximum Gasteiger partial charge on any atom is 0.410 e. The van der Waals surface area contributed by atoms with Crippen LogP contribution in [-0.2, 0) is 16.1 Å². The van der Waals surface area contributed by atoms with Crippen molar-refractivity contribution in [2.75, 3.05) is 36.4 Å². The lowest BCUT2D eigenvalue weighted by Crippen LogP contribution is -2.44. The molecule has 5 heterocycles. The zero-order valence-electron chi connectivity index (χ0n) is 24.4. The summed E-state index contributed by atoms with van der Waals surface area (Å²) < 4.78 is 48.3. The Labute approximate surface area is 266 Å². The zero-order valence-corrected chi connectivity index (χ0v) is 27.5. The van der Waals surface area contributed by atoms with Crippen LogP contribution in [0.3, 0.4) is 0 Å². The molecule has 1 N–H and O–H groups in total. The number of aromatic nitrogens is 5. The fourth-order valence-electron chi connectivity index (χ4n) is 5.26. The minimum absolute atomic E-state index is 0.167. The lowest BCUT2D eigenvalue weighted by atomic mass is 9.84. The van der Waals surface area contributed by atoms with E-state index in [0.29, 0.717) is 55.9 Å². The van der Waals surface area contributed by atoms with Crippen LogP contribution in [-0.4, -0.2) is 79.2 Å². The highest BCUT2D eigenvalue weighted by Gasteiger charge is 2.35. The minimum atomic E-state index is -4.48. The van der Waals surface area contributed by atoms with Gasteiger partial charge in [0.2, 0.25) is 5.91 Å². The van der Waals surface area contributed by atoms with Gasteiger partial charge in [0.05, 0.1) is 40.9 Å². The number of pyridine rings is 1. The predicted octanol–water partition coefficient (Wildman–Crippen LogP) is 5.58. The molecule has 2 fully saturated rings. The highest BCUT2D eigenvalue weighted by Crippen LogP contribution is 2.36. The van der Waals surface area contributed by atoms with Gasteiger partial charge in [-0.1, -0.05) is 0 Å². The third-order valence-corrected chi connectivity index (χ3v) is 9.37. The molecule has 3 aromatic rings. The number of hydrogen-bond donors (Lipinski definition) is 1. The number of halogens is 4. The van der Waals surface area contributed by atoms with E-state index in [0.717, 1.165) is 11.1 Å². The summed E-state index contributed by atoms with van der Waals surface area (Å²) in [7, 11) is 0. The number of ether oxygens (including phenoxy) is 1. The van der Waals surface area contributed by atoms with Crippen molar-refractivity contribution in [3.05, 3.63) is 18.5 Å². The number of likely N-dealkylation sites (tertiary alicyclic amines) is 1. The molecule has 12 nitrogen and oxygen atoms in total. The highest BCUT2D eigenvalue weighted by molar-refractivity contribution is 14.2. The summed E-state index contributed by atoms with van der Waals surface area (Å²) in [6.45, 7) is 6.24. The number of anilines is 2. The lowest BCUT2D eigenvalue weighted by molar-refractivity contribution is -0.141. The first-order valence-corrected chi connectivity index (χ1v) is 18.2. The molecule has 2 amide bonds. The Morgan fingerprint density at radius 3 is 2.48 bits per heavy atom. The van der Waals surface area contributed by atoms with Gasteiger partial charge in [-0.2, -0.15) is 28.6 Å². The number of amides is 2. The number of carbonyl (C=O) groups is 2. The van der Waals surface area contributed by atoms with Crippen molar-refractivity contribution in [3.8, 4) is 17.5 Å². The summed E-state index contributed by atoms with van der Waals surface area (Å²) in [5.74, 6) is -1.34. The molecule has 2 atom stereocenters. The summed E-state index contributed by atoms with van der Waals surface area (Å²) in [5, 5.41) is 22.1. The van der Waals surface area contributed by atoms with E-state index in [9.17, 15) is 28.0 Å². The van der Waals surface area contributed by atoms with Gasteiger partial charge in [0.25, 0.3) is 0 Å². The van der Waals surface area contributed by atoms with Crippen molar-refractivity contribution in [3.63, 3.8) is 0 Å². The van der Waals surface area contributed by atoms with E-state index in [4.69, 9.17) is 4.74 Å². The van der Waals surface area contributed by atoms with Crippen LogP contribution in [0.5, 0.6) is 0 Å². The second-order valence-corrected chi connectivity index (χ2v) is 13.9. The van der Waals surface area contributed by atoms with Gasteiger partial charge in [0.1, 0.15) is 23.8 Å². The lowest BCUT2D eigenvalue weighted by Gasteiger charge is -2.34. The molecule has 2 unspecified atom stereocenters. The number of nitrogens with one attached hydrogen (secondary N) is 1. The summed E-state index contributed by atoms with van der Waals surface area (Å²) in [5.41, 5.74) is 0.453. The van der Waals surface area contributed by atoms with Crippen molar-refractivity contribution in [2.45, 2.75) is 58.4 Å². The number of nitrogens with zero attached hydrogens (tertiary/aromatic N) is 8. The summed E-state index contributed by atoms with van der Waals surface area (Å²) in [6.07, 6.45) is 0.202. The Hall–Kier alpha value is -3.19. The van der Waals surface area contributed by atoms with Crippen LogP contribution in [0.2, 0.25) is 0 Å². The van der Waals surface area contributed by atoms with Gasteiger partial charge < -0.3 is 19.9 Å². The van der Waals surface area contributed by atoms with E-state index in [1.807, 2.05) is 4.90 Å². The van der Waals surface area contributed by atoms with Crippen molar-refractivity contribution >= 4 is 62.8 Å². The van der Waals surface area contributed by atoms with Gasteiger partial charge in [-0.3, -0.25) is 14.5 Å². The second kappa shape index (κ2) is 12.7. The molecule has 2 saturated heterocycles. The number of fused-ring (bicyclic) bond motifs is 1. The molecule has 44 heavy (non-hydrogen) atoms. The molecule has 0 radical (unpaired) electrons. The van der Waals surface area contributed by atoms with Crippen molar-refractivity contribution < 1.29 is 27.5 Å². The molecule has 236 valence electrons. The van der Waals surface area contributed by atoms with Crippen LogP contribution < -0.4 is 10.2 Å². The van der Waals surface area contributed by atoms with Crippen LogP contribution in [0, 0.1) is 23.2 Å². The SMILES string of the molecule is CC(C)(C)OC(=O)N1CCC(C(C#N)C(=O)Nc2cn(PI)nc2-c2cc3c(cn2)c(N2CCC2)nn3CC(F)(F)F)CC1. The van der Waals surface area contributed by atoms with Gasteiger partial charge in [-0.05, 0) is 74.1 Å². The molecular formula is C27H32F3IN9O3P. The molecule has 0 bridgehead atoms. The molecule has 0 saturated carbocycles. The van der Waals surface area contributed by atoms with Crippen molar-refractivity contribution in [1.82, 2.24) is 29.2 Å². The molecule has 0 spiro atoms. The van der Waals surface area contributed by atoms with E-state index in [-0.39, 0.29) is 29.2 Å². The minimum Gasteiger partial charge on any atom is -0.444 e. The summed E-state index contributed by atoms with van der Waals surface area (Å²) >= 11 is 2.12. The zero-order chi connectivity index (χ0) is 31.8. The maximum atomic E-state index is 13.4. The largest absolute Gasteiger partial charge is 0.444 e. The molecule has 17 heteroatoms. The number of piperidine rings is 1. The molecular weight excluding hydrogens is 713 g/mol. The first-order valence-electron chi connectivity index (χ1n) is 14.1. The topological polar surface area (TPSA) is 134 Å². The second-order valence-electron chi connectivity index (χ2n) is 11.8. The Morgan fingerprint density at radius 2 is 1.91 bits per heavy atom. The molecule has 0 aromatic carbocycles. The third-order valence-electron chi connectivity index (χ3n) is 7.49. The first-order chi connectivity index (χ1) is 20.8. The number of hydrogen-bond acceptors (Lipinski definition) is 8. The standard InChI is InChI=1S/C27H32F3IN9O3P/c1-26(2,3)43-25(42)38-9-5-16(6-10-38)17(12-32)24(41)34-20-14-40(44-31)35-22(20)19-11-21-18(13-33-19)23(37-7-4-8-37)36-39(21)15-27(28,29)30/h11,13-14,16-17,44H,4-10,15H2,1-3H3,(H,34,41). The summed E-state index contributed by atoms with van der Waals surface area (Å²) in [4.78, 5) is 33.9. The smallest absolute Gasteiger partial charge is 0.410 e.